The molecule has 0 unspecified atom stereocenters. The zero-order valence-electron chi connectivity index (χ0n) is 14.3. The van der Waals surface area contributed by atoms with Crippen LogP contribution in [0.3, 0.4) is 0 Å². The summed E-state index contributed by atoms with van der Waals surface area (Å²) < 4.78 is 28.0. The van der Waals surface area contributed by atoms with Gasteiger partial charge in [0.05, 0.1) is 23.1 Å². The Morgan fingerprint density at radius 2 is 2.04 bits per heavy atom. The van der Waals surface area contributed by atoms with E-state index in [9.17, 15) is 8.42 Å². The number of nitrogens with two attached hydrogens (primary N) is 1. The summed E-state index contributed by atoms with van der Waals surface area (Å²) in [7, 11) is -3.13. The molecule has 3 rings (SSSR count). The minimum atomic E-state index is -3.13. The van der Waals surface area contributed by atoms with Gasteiger partial charge in [0.25, 0.3) is 0 Å². The molecule has 0 amide bonds. The maximum atomic E-state index is 11.6. The van der Waals surface area contributed by atoms with E-state index in [-0.39, 0.29) is 5.75 Å². The minimum absolute atomic E-state index is 0.178. The number of aromatic nitrogens is 3. The topological polar surface area (TPSA) is 103 Å². The lowest BCUT2D eigenvalue weighted by Gasteiger charge is -2.08. The molecule has 25 heavy (non-hydrogen) atoms. The average Bonchev–Trinajstić information content (AvgIpc) is 2.99. The Bertz CT molecular complexity index is 981. The van der Waals surface area contributed by atoms with Crippen LogP contribution >= 0.6 is 0 Å². The van der Waals surface area contributed by atoms with Crippen molar-refractivity contribution in [3.05, 3.63) is 30.6 Å². The number of sulfonamides is 1. The fraction of sp³-hybridized carbons (Fsp3) is 0.412. The first kappa shape index (κ1) is 17.6. The number of aryl methyl sites for hydroxylation is 1. The predicted molar refractivity (Wildman–Crippen MR) is 101 cm³/mol. The van der Waals surface area contributed by atoms with Gasteiger partial charge < -0.3 is 10.3 Å². The molecular formula is C17H23N5O2S. The Labute approximate surface area is 147 Å². The lowest BCUT2D eigenvalue weighted by molar-refractivity contribution is 0.567. The summed E-state index contributed by atoms with van der Waals surface area (Å²) in [5.74, 6) is 0.608. The average molecular weight is 361 g/mol. The molecule has 0 spiro atoms. The van der Waals surface area contributed by atoms with E-state index in [0.29, 0.717) is 24.3 Å². The molecule has 0 saturated carbocycles. The Morgan fingerprint density at radius 3 is 2.84 bits per heavy atom. The van der Waals surface area contributed by atoms with Crippen molar-refractivity contribution in [1.29, 1.82) is 0 Å². The number of hydrogen-bond donors (Lipinski definition) is 2. The molecule has 7 nitrogen and oxygen atoms in total. The van der Waals surface area contributed by atoms with Crippen LogP contribution in [0.1, 0.15) is 26.2 Å². The van der Waals surface area contributed by atoms with Crippen LogP contribution in [0.25, 0.3) is 21.9 Å². The summed E-state index contributed by atoms with van der Waals surface area (Å²) in [5.41, 5.74) is 8.57. The number of nitrogens with zero attached hydrogens (tertiary/aromatic N) is 3. The number of anilines is 1. The van der Waals surface area contributed by atoms with Gasteiger partial charge in [-0.3, -0.25) is 0 Å². The summed E-state index contributed by atoms with van der Waals surface area (Å²) in [4.78, 5) is 8.79. The highest BCUT2D eigenvalue weighted by Gasteiger charge is 2.12. The van der Waals surface area contributed by atoms with E-state index in [1.165, 1.54) is 0 Å². The molecule has 2 heterocycles. The Kier molecular flexibility index (Phi) is 5.19. The number of benzene rings is 1. The lowest BCUT2D eigenvalue weighted by atomic mass is 10.2. The second-order valence-electron chi connectivity index (χ2n) is 6.07. The first-order valence-electron chi connectivity index (χ1n) is 8.48. The van der Waals surface area contributed by atoms with E-state index in [0.717, 1.165) is 35.8 Å². The van der Waals surface area contributed by atoms with Crippen LogP contribution in [-0.2, 0) is 16.6 Å². The SMILES string of the molecule is CCCS(=O)(=O)NCCCCn1cnc2c(N)nc3ccccc3c21. The van der Waals surface area contributed by atoms with Gasteiger partial charge >= 0.3 is 0 Å². The summed E-state index contributed by atoms with van der Waals surface area (Å²) in [6, 6.07) is 7.86. The molecule has 0 aliphatic carbocycles. The van der Waals surface area contributed by atoms with E-state index in [1.54, 1.807) is 6.33 Å². The largest absolute Gasteiger partial charge is 0.382 e. The fourth-order valence-electron chi connectivity index (χ4n) is 2.95. The molecule has 0 aliphatic rings. The summed E-state index contributed by atoms with van der Waals surface area (Å²) >= 11 is 0. The number of fused-ring (bicyclic) bond motifs is 3. The van der Waals surface area contributed by atoms with Crippen LogP contribution in [0.15, 0.2) is 30.6 Å². The van der Waals surface area contributed by atoms with Crippen molar-refractivity contribution in [2.75, 3.05) is 18.0 Å². The van der Waals surface area contributed by atoms with Crippen molar-refractivity contribution >= 4 is 37.8 Å². The van der Waals surface area contributed by atoms with E-state index in [1.807, 2.05) is 31.2 Å². The fourth-order valence-corrected chi connectivity index (χ4v) is 4.09. The normalized spacial score (nSPS) is 12.2. The third kappa shape index (κ3) is 3.91. The molecule has 8 heteroatoms. The highest BCUT2D eigenvalue weighted by Crippen LogP contribution is 2.27. The molecule has 0 atom stereocenters. The minimum Gasteiger partial charge on any atom is -0.382 e. The van der Waals surface area contributed by atoms with Gasteiger partial charge in [0, 0.05) is 18.5 Å². The molecule has 1 aromatic carbocycles. The number of nitrogens with one attached hydrogen (secondary N) is 1. The van der Waals surface area contributed by atoms with E-state index in [2.05, 4.69) is 19.3 Å². The van der Waals surface area contributed by atoms with E-state index in [4.69, 9.17) is 5.73 Å². The van der Waals surface area contributed by atoms with Crippen LogP contribution in [0.5, 0.6) is 0 Å². The van der Waals surface area contributed by atoms with Gasteiger partial charge in [0.15, 0.2) is 5.82 Å². The molecule has 0 bridgehead atoms. The smallest absolute Gasteiger partial charge is 0.211 e. The molecule has 0 aliphatic heterocycles. The number of pyridine rings is 1. The van der Waals surface area contributed by atoms with Crippen LogP contribution < -0.4 is 10.5 Å². The first-order chi connectivity index (χ1) is 12.0. The Balaban J connectivity index is 1.71. The van der Waals surface area contributed by atoms with Gasteiger partial charge in [0.2, 0.25) is 10.0 Å². The van der Waals surface area contributed by atoms with Crippen molar-refractivity contribution < 1.29 is 8.42 Å². The number of para-hydroxylation sites is 1. The van der Waals surface area contributed by atoms with Gasteiger partial charge in [0.1, 0.15) is 5.52 Å². The number of hydrogen-bond acceptors (Lipinski definition) is 5. The van der Waals surface area contributed by atoms with Crippen LogP contribution in [-0.4, -0.2) is 35.3 Å². The summed E-state index contributed by atoms with van der Waals surface area (Å²) in [6.45, 7) is 3.06. The number of rotatable bonds is 8. The van der Waals surface area contributed by atoms with E-state index < -0.39 is 10.0 Å². The maximum absolute atomic E-state index is 11.6. The molecule has 134 valence electrons. The third-order valence-corrected chi connectivity index (χ3v) is 5.69. The van der Waals surface area contributed by atoms with E-state index >= 15 is 0 Å². The van der Waals surface area contributed by atoms with Crippen molar-refractivity contribution in [3.63, 3.8) is 0 Å². The number of imidazole rings is 1. The molecule has 0 radical (unpaired) electrons. The van der Waals surface area contributed by atoms with Crippen molar-refractivity contribution in [2.45, 2.75) is 32.7 Å². The monoisotopic (exact) mass is 361 g/mol. The third-order valence-electron chi connectivity index (χ3n) is 4.10. The molecule has 2 aromatic heterocycles. The van der Waals surface area contributed by atoms with Gasteiger partial charge in [-0.15, -0.1) is 0 Å². The molecule has 0 fully saturated rings. The van der Waals surface area contributed by atoms with Gasteiger partial charge in [-0.25, -0.2) is 23.1 Å². The Morgan fingerprint density at radius 1 is 1.24 bits per heavy atom. The first-order valence-corrected chi connectivity index (χ1v) is 10.1. The van der Waals surface area contributed by atoms with Crippen LogP contribution in [0, 0.1) is 0 Å². The highest BCUT2D eigenvalue weighted by atomic mass is 32.2. The van der Waals surface area contributed by atoms with Crippen LogP contribution in [0.4, 0.5) is 5.82 Å². The van der Waals surface area contributed by atoms with Gasteiger partial charge in [-0.1, -0.05) is 25.1 Å². The molecular weight excluding hydrogens is 338 g/mol. The lowest BCUT2D eigenvalue weighted by Crippen LogP contribution is -2.27. The predicted octanol–water partition coefficient (Wildman–Crippen LogP) is 2.28. The molecule has 0 saturated heterocycles. The van der Waals surface area contributed by atoms with Crippen molar-refractivity contribution in [3.8, 4) is 0 Å². The second kappa shape index (κ2) is 7.37. The van der Waals surface area contributed by atoms with Crippen LogP contribution in [0.2, 0.25) is 0 Å². The van der Waals surface area contributed by atoms with Crippen molar-refractivity contribution in [1.82, 2.24) is 19.3 Å². The maximum Gasteiger partial charge on any atom is 0.211 e. The standard InChI is InChI=1S/C17H23N5O2S/c1-2-11-25(23,24)20-9-5-6-10-22-12-19-15-16(22)13-7-3-4-8-14(13)21-17(15)18/h3-4,7-8,12,20H,2,5-6,9-11H2,1H3,(H2,18,21). The quantitative estimate of drug-likeness (QED) is 0.599. The zero-order chi connectivity index (χ0) is 17.9. The van der Waals surface area contributed by atoms with Gasteiger partial charge in [-0.2, -0.15) is 0 Å². The Hall–Kier alpha value is -2.19. The van der Waals surface area contributed by atoms with Crippen molar-refractivity contribution in [2.24, 2.45) is 0 Å². The number of nitrogen functional groups attached to an aromatic ring is 1. The summed E-state index contributed by atoms with van der Waals surface area (Å²) in [6.07, 6.45) is 4.01. The summed E-state index contributed by atoms with van der Waals surface area (Å²) in [5, 5.41) is 1.02. The number of unbranched alkanes of at least 4 members (excludes halogenated alkanes) is 1. The zero-order valence-corrected chi connectivity index (χ0v) is 15.1. The van der Waals surface area contributed by atoms with Gasteiger partial charge in [-0.05, 0) is 25.3 Å². The molecule has 3 aromatic rings. The highest BCUT2D eigenvalue weighted by molar-refractivity contribution is 7.89. The second-order valence-corrected chi connectivity index (χ2v) is 8.00. The molecule has 3 N–H and O–H groups in total.